The van der Waals surface area contributed by atoms with Gasteiger partial charge in [0.1, 0.15) is 5.75 Å². The predicted molar refractivity (Wildman–Crippen MR) is 93.1 cm³/mol. The van der Waals surface area contributed by atoms with Crippen LogP contribution in [0.15, 0.2) is 54.6 Å². The summed E-state index contributed by atoms with van der Waals surface area (Å²) < 4.78 is 10.1. The van der Waals surface area contributed by atoms with E-state index in [0.29, 0.717) is 23.6 Å². The monoisotopic (exact) mass is 325 g/mol. The Balaban J connectivity index is 1.99. The van der Waals surface area contributed by atoms with Gasteiger partial charge in [-0.3, -0.25) is 4.79 Å². The second kappa shape index (κ2) is 8.53. The van der Waals surface area contributed by atoms with Gasteiger partial charge in [0.2, 0.25) is 5.91 Å². The highest BCUT2D eigenvalue weighted by atomic mass is 16.5. The van der Waals surface area contributed by atoms with E-state index in [1.54, 1.807) is 44.4 Å². The molecule has 24 heavy (non-hydrogen) atoms. The quantitative estimate of drug-likeness (QED) is 0.652. The molecule has 0 saturated heterocycles. The molecule has 1 N–H and O–H groups in total. The van der Waals surface area contributed by atoms with E-state index < -0.39 is 0 Å². The van der Waals surface area contributed by atoms with Crippen molar-refractivity contribution in [3.8, 4) is 5.75 Å². The molecule has 5 nitrogen and oxygen atoms in total. The predicted octanol–water partition coefficient (Wildman–Crippen LogP) is 3.52. The zero-order chi connectivity index (χ0) is 17.4. The van der Waals surface area contributed by atoms with Gasteiger partial charge in [-0.05, 0) is 43.3 Å². The van der Waals surface area contributed by atoms with E-state index in [-0.39, 0.29) is 11.9 Å². The molecule has 0 bridgehead atoms. The fourth-order valence-corrected chi connectivity index (χ4v) is 2.06. The maximum absolute atomic E-state index is 12.0. The number of hydrogen-bond acceptors (Lipinski definition) is 4. The Morgan fingerprint density at radius 1 is 1.08 bits per heavy atom. The third kappa shape index (κ3) is 4.71. The van der Waals surface area contributed by atoms with Crippen LogP contribution in [-0.4, -0.2) is 25.6 Å². The first-order chi connectivity index (χ1) is 11.6. The minimum absolute atomic E-state index is 0.273. The Labute approximate surface area is 140 Å². The molecule has 0 unspecified atom stereocenters. The maximum Gasteiger partial charge on any atom is 0.338 e. The number of para-hydroxylation sites is 1. The normalized spacial score (nSPS) is 10.4. The van der Waals surface area contributed by atoms with Crippen LogP contribution in [-0.2, 0) is 9.53 Å². The van der Waals surface area contributed by atoms with E-state index in [1.165, 1.54) is 6.08 Å². The highest BCUT2D eigenvalue weighted by Gasteiger charge is 2.06. The van der Waals surface area contributed by atoms with Gasteiger partial charge in [-0.15, -0.1) is 0 Å². The summed E-state index contributed by atoms with van der Waals surface area (Å²) in [6.45, 7) is 2.08. The minimum atomic E-state index is -0.383. The van der Waals surface area contributed by atoms with Crippen LogP contribution in [0, 0.1) is 0 Å². The second-order valence-corrected chi connectivity index (χ2v) is 4.86. The molecule has 0 spiro atoms. The van der Waals surface area contributed by atoms with Crippen molar-refractivity contribution < 1.29 is 19.1 Å². The van der Waals surface area contributed by atoms with Crippen LogP contribution in [0.25, 0.3) is 6.08 Å². The van der Waals surface area contributed by atoms with Gasteiger partial charge in [0, 0.05) is 17.3 Å². The lowest BCUT2D eigenvalue weighted by Gasteiger charge is -2.05. The van der Waals surface area contributed by atoms with Crippen molar-refractivity contribution in [1.82, 2.24) is 0 Å². The number of rotatable bonds is 6. The summed E-state index contributed by atoms with van der Waals surface area (Å²) in [4.78, 5) is 23.5. The first-order valence-electron chi connectivity index (χ1n) is 7.53. The smallest absolute Gasteiger partial charge is 0.338 e. The van der Waals surface area contributed by atoms with Gasteiger partial charge in [-0.25, -0.2) is 4.79 Å². The lowest BCUT2D eigenvalue weighted by atomic mass is 10.2. The summed E-state index contributed by atoms with van der Waals surface area (Å²) in [5.74, 6) is 0.0385. The molecule has 0 fully saturated rings. The van der Waals surface area contributed by atoms with Crippen molar-refractivity contribution in [1.29, 1.82) is 0 Å². The largest absolute Gasteiger partial charge is 0.496 e. The van der Waals surface area contributed by atoms with Gasteiger partial charge in [-0.2, -0.15) is 0 Å². The van der Waals surface area contributed by atoms with Crippen molar-refractivity contribution in [3.05, 3.63) is 65.7 Å². The molecule has 0 heterocycles. The summed E-state index contributed by atoms with van der Waals surface area (Å²) >= 11 is 0. The molecule has 0 saturated carbocycles. The van der Waals surface area contributed by atoms with Crippen LogP contribution < -0.4 is 10.1 Å². The highest BCUT2D eigenvalue weighted by Crippen LogP contribution is 2.18. The number of ether oxygens (including phenoxy) is 2. The van der Waals surface area contributed by atoms with Crippen molar-refractivity contribution in [3.63, 3.8) is 0 Å². The summed E-state index contributed by atoms with van der Waals surface area (Å²) in [5.41, 5.74) is 1.85. The molecule has 1 amide bonds. The van der Waals surface area contributed by atoms with Crippen molar-refractivity contribution >= 4 is 23.6 Å². The van der Waals surface area contributed by atoms with Gasteiger partial charge in [0.15, 0.2) is 0 Å². The van der Waals surface area contributed by atoms with Crippen LogP contribution in [0.3, 0.4) is 0 Å². The second-order valence-electron chi connectivity index (χ2n) is 4.86. The van der Waals surface area contributed by atoms with Gasteiger partial charge in [0.25, 0.3) is 0 Å². The van der Waals surface area contributed by atoms with Crippen LogP contribution >= 0.6 is 0 Å². The molecule has 124 valence electrons. The maximum atomic E-state index is 12.0. The molecule has 0 aliphatic rings. The third-order valence-electron chi connectivity index (χ3n) is 3.22. The zero-order valence-corrected chi connectivity index (χ0v) is 13.6. The summed E-state index contributed by atoms with van der Waals surface area (Å²) in [5, 5.41) is 2.73. The standard InChI is InChI=1S/C19H19NO4/c1-3-24-19(22)15-8-11-16(12-9-15)20-18(21)13-10-14-6-4-5-7-17(14)23-2/h4-13H,3H2,1-2H3,(H,20,21)/b13-10+. The molecule has 0 aliphatic carbocycles. The number of carbonyl (C=O) groups excluding carboxylic acids is 2. The molecule has 2 aromatic carbocycles. The summed E-state index contributed by atoms with van der Waals surface area (Å²) in [6.07, 6.45) is 3.11. The van der Waals surface area contributed by atoms with E-state index in [4.69, 9.17) is 9.47 Å². The Bertz CT molecular complexity index is 735. The average Bonchev–Trinajstić information content (AvgIpc) is 2.61. The third-order valence-corrected chi connectivity index (χ3v) is 3.22. The fourth-order valence-electron chi connectivity index (χ4n) is 2.06. The lowest BCUT2D eigenvalue weighted by Crippen LogP contribution is -2.09. The molecule has 0 radical (unpaired) electrons. The van der Waals surface area contributed by atoms with Gasteiger partial charge < -0.3 is 14.8 Å². The molecule has 0 aliphatic heterocycles. The lowest BCUT2D eigenvalue weighted by molar-refractivity contribution is -0.111. The number of carbonyl (C=O) groups is 2. The molecule has 0 aromatic heterocycles. The van der Waals surface area contributed by atoms with Crippen molar-refractivity contribution in [2.24, 2.45) is 0 Å². The van der Waals surface area contributed by atoms with Crippen LogP contribution in [0.4, 0.5) is 5.69 Å². The van der Waals surface area contributed by atoms with E-state index in [9.17, 15) is 9.59 Å². The first-order valence-corrected chi connectivity index (χ1v) is 7.53. The molecular weight excluding hydrogens is 306 g/mol. The van der Waals surface area contributed by atoms with Crippen LogP contribution in [0.2, 0.25) is 0 Å². The Morgan fingerprint density at radius 2 is 1.79 bits per heavy atom. The first kappa shape index (κ1) is 17.3. The SMILES string of the molecule is CCOC(=O)c1ccc(NC(=O)/C=C/c2ccccc2OC)cc1. The van der Waals surface area contributed by atoms with Gasteiger partial charge >= 0.3 is 5.97 Å². The van der Waals surface area contributed by atoms with Crippen LogP contribution in [0.1, 0.15) is 22.8 Å². The topological polar surface area (TPSA) is 64.6 Å². The van der Waals surface area contributed by atoms with Crippen molar-refractivity contribution in [2.45, 2.75) is 6.92 Å². The molecular formula is C19H19NO4. The Morgan fingerprint density at radius 3 is 2.46 bits per heavy atom. The number of methoxy groups -OCH3 is 1. The number of amides is 1. The summed E-state index contributed by atoms with van der Waals surface area (Å²) in [6, 6.07) is 13.9. The summed E-state index contributed by atoms with van der Waals surface area (Å²) in [7, 11) is 1.58. The molecule has 0 atom stereocenters. The number of benzene rings is 2. The number of esters is 1. The van der Waals surface area contributed by atoms with Gasteiger partial charge in [0.05, 0.1) is 19.3 Å². The minimum Gasteiger partial charge on any atom is -0.496 e. The van der Waals surface area contributed by atoms with E-state index in [1.807, 2.05) is 24.3 Å². The van der Waals surface area contributed by atoms with Crippen LogP contribution in [0.5, 0.6) is 5.75 Å². The number of nitrogens with one attached hydrogen (secondary N) is 1. The molecule has 2 aromatic rings. The molecule has 2 rings (SSSR count). The Kier molecular flexibility index (Phi) is 6.14. The van der Waals surface area contributed by atoms with E-state index in [0.717, 1.165) is 5.56 Å². The zero-order valence-electron chi connectivity index (χ0n) is 13.6. The number of hydrogen-bond donors (Lipinski definition) is 1. The van der Waals surface area contributed by atoms with Gasteiger partial charge in [-0.1, -0.05) is 18.2 Å². The fraction of sp³-hybridized carbons (Fsp3) is 0.158. The van der Waals surface area contributed by atoms with Crippen molar-refractivity contribution in [2.75, 3.05) is 19.0 Å². The Hall–Kier alpha value is -3.08. The number of anilines is 1. The van der Waals surface area contributed by atoms with E-state index in [2.05, 4.69) is 5.32 Å². The van der Waals surface area contributed by atoms with E-state index >= 15 is 0 Å². The average molecular weight is 325 g/mol. The molecule has 5 heteroatoms. The highest BCUT2D eigenvalue weighted by molar-refractivity contribution is 6.02.